The van der Waals surface area contributed by atoms with Crippen molar-refractivity contribution in [3.8, 4) is 0 Å². The molecule has 1 aromatic rings. The molecule has 0 bridgehead atoms. The van der Waals surface area contributed by atoms with Crippen LogP contribution in [0.1, 0.15) is 0 Å². The molecule has 5 nitrogen and oxygen atoms in total. The highest BCUT2D eigenvalue weighted by atomic mass is 35.5. The van der Waals surface area contributed by atoms with Gasteiger partial charge in [0.1, 0.15) is 18.8 Å². The molecule has 0 spiro atoms. The molecule has 7 heteroatoms. The van der Waals surface area contributed by atoms with Crippen molar-refractivity contribution in [2.75, 3.05) is 26.8 Å². The average molecular weight is 303 g/mol. The summed E-state index contributed by atoms with van der Waals surface area (Å²) >= 11 is 12.1. The Kier molecular flexibility index (Phi) is 4.50. The van der Waals surface area contributed by atoms with E-state index >= 15 is 0 Å². The van der Waals surface area contributed by atoms with Gasteiger partial charge >= 0.3 is 5.97 Å². The van der Waals surface area contributed by atoms with E-state index in [0.717, 1.165) is 0 Å². The lowest BCUT2D eigenvalue weighted by Crippen LogP contribution is -2.32. The minimum atomic E-state index is -0.358. The van der Waals surface area contributed by atoms with E-state index in [1.165, 1.54) is 7.11 Å². The van der Waals surface area contributed by atoms with E-state index in [4.69, 9.17) is 27.9 Å². The number of methoxy groups -OCH3 is 1. The van der Waals surface area contributed by atoms with E-state index in [-0.39, 0.29) is 12.5 Å². The van der Waals surface area contributed by atoms with Crippen LogP contribution in [-0.4, -0.2) is 43.7 Å². The summed E-state index contributed by atoms with van der Waals surface area (Å²) in [5.41, 5.74) is 0.428. The number of aliphatic imine (C=N–C) groups is 1. The summed E-state index contributed by atoms with van der Waals surface area (Å²) in [6, 6.07) is 5.43. The Morgan fingerprint density at radius 3 is 2.79 bits per heavy atom. The molecule has 0 amide bonds. The number of para-hydroxylation sites is 1. The van der Waals surface area contributed by atoms with Crippen LogP contribution in [0.15, 0.2) is 23.2 Å². The average Bonchev–Trinajstić information content (AvgIpc) is 2.81. The van der Waals surface area contributed by atoms with E-state index in [1.54, 1.807) is 23.1 Å². The van der Waals surface area contributed by atoms with Gasteiger partial charge in [-0.15, -0.1) is 0 Å². The number of esters is 1. The normalized spacial score (nSPS) is 16.6. The molecule has 0 radical (unpaired) electrons. The number of rotatable bonds is 3. The van der Waals surface area contributed by atoms with Gasteiger partial charge in [-0.05, 0) is 12.1 Å². The second-order valence-corrected chi connectivity index (χ2v) is 4.63. The van der Waals surface area contributed by atoms with Gasteiger partial charge in [0, 0.05) is 0 Å². The van der Waals surface area contributed by atoms with Gasteiger partial charge in [-0.2, -0.15) is 4.99 Å². The predicted molar refractivity (Wildman–Crippen MR) is 73.1 cm³/mol. The lowest BCUT2D eigenvalue weighted by Gasteiger charge is -2.14. The smallest absolute Gasteiger partial charge is 0.325 e. The molecule has 0 unspecified atom stereocenters. The fourth-order valence-electron chi connectivity index (χ4n) is 1.60. The molecular weight excluding hydrogens is 291 g/mol. The van der Waals surface area contributed by atoms with Crippen molar-refractivity contribution in [3.05, 3.63) is 28.2 Å². The second kappa shape index (κ2) is 6.12. The molecule has 0 atom stereocenters. The lowest BCUT2D eigenvalue weighted by atomic mass is 10.3. The van der Waals surface area contributed by atoms with Gasteiger partial charge < -0.3 is 14.4 Å². The third-order valence-corrected chi connectivity index (χ3v) is 3.17. The van der Waals surface area contributed by atoms with Crippen LogP contribution < -0.4 is 0 Å². The van der Waals surface area contributed by atoms with Gasteiger partial charge in [-0.3, -0.25) is 4.79 Å². The number of carbonyl (C=O) groups excluding carboxylic acids is 1. The Bertz CT molecular complexity index is 499. The number of hydrogen-bond donors (Lipinski definition) is 0. The Morgan fingerprint density at radius 2 is 2.16 bits per heavy atom. The molecular formula is C12H12Cl2N2O3. The second-order valence-electron chi connectivity index (χ2n) is 3.81. The van der Waals surface area contributed by atoms with E-state index in [1.807, 2.05) is 0 Å². The lowest BCUT2D eigenvalue weighted by molar-refractivity contribution is -0.140. The van der Waals surface area contributed by atoms with Crippen molar-refractivity contribution in [2.45, 2.75) is 0 Å². The van der Waals surface area contributed by atoms with E-state index in [0.29, 0.717) is 34.9 Å². The van der Waals surface area contributed by atoms with Crippen molar-refractivity contribution >= 4 is 40.9 Å². The molecule has 1 aliphatic rings. The largest absolute Gasteiger partial charge is 0.468 e. The topological polar surface area (TPSA) is 51.1 Å². The molecule has 0 aliphatic carbocycles. The molecule has 1 fully saturated rings. The molecule has 0 aromatic heterocycles. The molecule has 1 aliphatic heterocycles. The number of carbonyl (C=O) groups is 1. The van der Waals surface area contributed by atoms with Crippen molar-refractivity contribution in [1.82, 2.24) is 4.90 Å². The molecule has 1 aromatic carbocycles. The molecule has 19 heavy (non-hydrogen) atoms. The standard InChI is InChI=1S/C12H12Cl2N2O3/c1-18-10(17)7-16-5-6-19-12(16)15-11-8(13)3-2-4-9(11)14/h2-4H,5-7H2,1H3/b15-12+. The van der Waals surface area contributed by atoms with Crippen molar-refractivity contribution < 1.29 is 14.3 Å². The Morgan fingerprint density at radius 1 is 1.47 bits per heavy atom. The van der Waals surface area contributed by atoms with Gasteiger partial charge in [0.15, 0.2) is 0 Å². The van der Waals surface area contributed by atoms with Gasteiger partial charge in [-0.25, -0.2) is 0 Å². The SMILES string of the molecule is COC(=O)CN1CCO/C1=N/c1c(Cl)cccc1Cl. The van der Waals surface area contributed by atoms with Crippen molar-refractivity contribution in [2.24, 2.45) is 4.99 Å². The highest BCUT2D eigenvalue weighted by molar-refractivity contribution is 6.38. The maximum atomic E-state index is 11.3. The first-order valence-corrected chi connectivity index (χ1v) is 6.34. The van der Waals surface area contributed by atoms with Crippen LogP contribution in [-0.2, 0) is 14.3 Å². The van der Waals surface area contributed by atoms with Crippen molar-refractivity contribution in [3.63, 3.8) is 0 Å². The van der Waals surface area contributed by atoms with Gasteiger partial charge in [0.25, 0.3) is 6.02 Å². The predicted octanol–water partition coefficient (Wildman–Crippen LogP) is 2.49. The number of halogens is 2. The van der Waals surface area contributed by atoms with E-state index < -0.39 is 0 Å². The molecule has 0 N–H and O–H groups in total. The Labute approximate surface area is 120 Å². The minimum absolute atomic E-state index is 0.0808. The maximum absolute atomic E-state index is 11.3. The fraction of sp³-hybridized carbons (Fsp3) is 0.333. The summed E-state index contributed by atoms with van der Waals surface area (Å²) in [6.45, 7) is 1.10. The first-order chi connectivity index (χ1) is 9.11. The van der Waals surface area contributed by atoms with Gasteiger partial charge in [-0.1, -0.05) is 29.3 Å². The molecule has 2 rings (SSSR count). The summed E-state index contributed by atoms with van der Waals surface area (Å²) < 4.78 is 9.99. The monoisotopic (exact) mass is 302 g/mol. The van der Waals surface area contributed by atoms with E-state index in [9.17, 15) is 4.79 Å². The first kappa shape index (κ1) is 14.0. The summed E-state index contributed by atoms with van der Waals surface area (Å²) in [4.78, 5) is 17.2. The van der Waals surface area contributed by atoms with Crippen LogP contribution in [0.5, 0.6) is 0 Å². The maximum Gasteiger partial charge on any atom is 0.325 e. The third-order valence-electron chi connectivity index (χ3n) is 2.56. The number of hydrogen-bond acceptors (Lipinski definition) is 4. The first-order valence-electron chi connectivity index (χ1n) is 5.59. The van der Waals surface area contributed by atoms with Crippen molar-refractivity contribution in [1.29, 1.82) is 0 Å². The van der Waals surface area contributed by atoms with E-state index in [2.05, 4.69) is 9.73 Å². The summed E-state index contributed by atoms with van der Waals surface area (Å²) in [6.07, 6.45) is 0. The van der Waals surface area contributed by atoms with Crippen LogP contribution >= 0.6 is 23.2 Å². The number of benzene rings is 1. The molecule has 1 heterocycles. The Hall–Kier alpha value is -1.46. The zero-order valence-electron chi connectivity index (χ0n) is 10.2. The zero-order chi connectivity index (χ0) is 13.8. The van der Waals surface area contributed by atoms with Crippen LogP contribution in [0.3, 0.4) is 0 Å². The van der Waals surface area contributed by atoms with Gasteiger partial charge in [0.2, 0.25) is 0 Å². The molecule has 0 saturated carbocycles. The van der Waals surface area contributed by atoms with Crippen LogP contribution in [0, 0.1) is 0 Å². The quantitative estimate of drug-likeness (QED) is 0.805. The van der Waals surface area contributed by atoms with Crippen LogP contribution in [0.4, 0.5) is 5.69 Å². The number of ether oxygens (including phenoxy) is 2. The molecule has 102 valence electrons. The third kappa shape index (κ3) is 3.30. The van der Waals surface area contributed by atoms with Crippen LogP contribution in [0.2, 0.25) is 10.0 Å². The number of amidine groups is 1. The summed E-state index contributed by atoms with van der Waals surface area (Å²) in [7, 11) is 1.33. The summed E-state index contributed by atoms with van der Waals surface area (Å²) in [5.74, 6) is -0.358. The highest BCUT2D eigenvalue weighted by Gasteiger charge is 2.23. The fourth-order valence-corrected chi connectivity index (χ4v) is 2.08. The Balaban J connectivity index is 2.24. The zero-order valence-corrected chi connectivity index (χ0v) is 11.7. The van der Waals surface area contributed by atoms with Gasteiger partial charge in [0.05, 0.1) is 23.7 Å². The number of nitrogens with zero attached hydrogens (tertiary/aromatic N) is 2. The minimum Gasteiger partial charge on any atom is -0.468 e. The van der Waals surface area contributed by atoms with Crippen LogP contribution in [0.25, 0.3) is 0 Å². The highest BCUT2D eigenvalue weighted by Crippen LogP contribution is 2.33. The molecule has 1 saturated heterocycles. The summed E-state index contributed by atoms with van der Waals surface area (Å²) in [5, 5.41) is 0.849.